The quantitative estimate of drug-likeness (QED) is 0.579. The molecule has 0 spiro atoms. The molecule has 0 bridgehead atoms. The van der Waals surface area contributed by atoms with Gasteiger partial charge < -0.3 is 16.0 Å². The van der Waals surface area contributed by atoms with Crippen LogP contribution in [0.4, 0.5) is 0 Å². The molecule has 5 heteroatoms. The lowest BCUT2D eigenvalue weighted by atomic mass is 10.2. The number of nitrogens with one attached hydrogen (secondary N) is 1. The molecular formula is C9H19N5. The van der Waals surface area contributed by atoms with E-state index in [9.17, 15) is 0 Å². The summed E-state index contributed by atoms with van der Waals surface area (Å²) in [5.74, 6) is 0. The van der Waals surface area contributed by atoms with Crippen molar-refractivity contribution in [2.75, 3.05) is 45.8 Å². The fraction of sp³-hybridized carbons (Fsp3) is 0.889. The molecule has 1 saturated heterocycles. The molecule has 1 unspecified atom stereocenters. The Kier molecular flexibility index (Phi) is 3.34. The monoisotopic (exact) mass is 197 g/mol. The van der Waals surface area contributed by atoms with Gasteiger partial charge in [-0.1, -0.05) is 0 Å². The van der Waals surface area contributed by atoms with Crippen LogP contribution in [0.2, 0.25) is 0 Å². The second-order valence-corrected chi connectivity index (χ2v) is 3.77. The minimum atomic E-state index is 0.457. The van der Waals surface area contributed by atoms with Crippen molar-refractivity contribution in [3.63, 3.8) is 0 Å². The van der Waals surface area contributed by atoms with Gasteiger partial charge in [-0.05, 0) is 0 Å². The van der Waals surface area contributed by atoms with E-state index in [1.807, 2.05) is 6.34 Å². The summed E-state index contributed by atoms with van der Waals surface area (Å²) in [4.78, 5) is 9.00. The van der Waals surface area contributed by atoms with Gasteiger partial charge in [0.25, 0.3) is 0 Å². The van der Waals surface area contributed by atoms with Crippen LogP contribution < -0.4 is 11.1 Å². The summed E-state index contributed by atoms with van der Waals surface area (Å²) in [6.07, 6.45) is 2.43. The van der Waals surface area contributed by atoms with Crippen LogP contribution in [-0.2, 0) is 0 Å². The van der Waals surface area contributed by atoms with Crippen molar-refractivity contribution in [3.05, 3.63) is 0 Å². The van der Waals surface area contributed by atoms with Crippen LogP contribution in [0.1, 0.15) is 0 Å². The van der Waals surface area contributed by atoms with Gasteiger partial charge in [0, 0.05) is 39.3 Å². The van der Waals surface area contributed by atoms with Gasteiger partial charge >= 0.3 is 0 Å². The minimum absolute atomic E-state index is 0.457. The molecule has 5 nitrogen and oxygen atoms in total. The molecule has 3 N–H and O–H groups in total. The molecule has 0 aliphatic carbocycles. The van der Waals surface area contributed by atoms with Gasteiger partial charge in [0.05, 0.1) is 19.0 Å². The van der Waals surface area contributed by atoms with E-state index in [1.165, 1.54) is 0 Å². The summed E-state index contributed by atoms with van der Waals surface area (Å²) in [6.45, 7) is 6.89. The third-order valence-electron chi connectivity index (χ3n) is 2.84. The summed E-state index contributed by atoms with van der Waals surface area (Å²) >= 11 is 0. The van der Waals surface area contributed by atoms with Crippen LogP contribution >= 0.6 is 0 Å². The maximum absolute atomic E-state index is 5.61. The largest absolute Gasteiger partial charge is 0.344 e. The lowest BCUT2D eigenvalue weighted by Gasteiger charge is -2.40. The van der Waals surface area contributed by atoms with E-state index >= 15 is 0 Å². The van der Waals surface area contributed by atoms with Crippen molar-refractivity contribution in [3.8, 4) is 0 Å². The average Bonchev–Trinajstić information content (AvgIpc) is 2.72. The molecule has 1 atom stereocenters. The van der Waals surface area contributed by atoms with Gasteiger partial charge in [-0.2, -0.15) is 0 Å². The summed E-state index contributed by atoms with van der Waals surface area (Å²) < 4.78 is 0. The summed E-state index contributed by atoms with van der Waals surface area (Å²) in [5, 5.41) is 3.41. The third kappa shape index (κ3) is 2.05. The van der Waals surface area contributed by atoms with Gasteiger partial charge in [0.15, 0.2) is 0 Å². The van der Waals surface area contributed by atoms with Crippen LogP contribution in [-0.4, -0.2) is 68.1 Å². The number of hydrogen-bond acceptors (Lipinski definition) is 5. The molecule has 0 saturated carbocycles. The zero-order chi connectivity index (χ0) is 9.80. The molecule has 0 amide bonds. The van der Waals surface area contributed by atoms with Crippen LogP contribution in [0.3, 0.4) is 0 Å². The van der Waals surface area contributed by atoms with E-state index in [0.717, 1.165) is 45.8 Å². The molecule has 0 aromatic heterocycles. The lowest BCUT2D eigenvalue weighted by Crippen LogP contribution is -2.59. The molecule has 0 aromatic carbocycles. The summed E-state index contributed by atoms with van der Waals surface area (Å²) in [7, 11) is 0. The maximum atomic E-state index is 5.61. The highest BCUT2D eigenvalue weighted by atomic mass is 15.4. The van der Waals surface area contributed by atoms with Crippen LogP contribution in [0.15, 0.2) is 4.99 Å². The number of hydrogen-bond donors (Lipinski definition) is 2. The first-order valence-corrected chi connectivity index (χ1v) is 5.32. The first kappa shape index (κ1) is 9.89. The Bertz CT molecular complexity index is 203. The van der Waals surface area contributed by atoms with E-state index in [4.69, 9.17) is 5.73 Å². The number of nitrogens with two attached hydrogens (primary N) is 1. The number of piperazine rings is 1. The zero-order valence-electron chi connectivity index (χ0n) is 8.52. The molecule has 2 aliphatic rings. The van der Waals surface area contributed by atoms with Gasteiger partial charge in [0.1, 0.15) is 0 Å². The van der Waals surface area contributed by atoms with Gasteiger partial charge in [-0.15, -0.1) is 0 Å². The number of nitrogens with zero attached hydrogens (tertiary/aromatic N) is 3. The van der Waals surface area contributed by atoms with Crippen molar-refractivity contribution < 1.29 is 0 Å². The molecule has 14 heavy (non-hydrogen) atoms. The highest BCUT2D eigenvalue weighted by Gasteiger charge is 2.26. The second-order valence-electron chi connectivity index (χ2n) is 3.77. The Labute approximate surface area is 85.0 Å². The molecule has 0 radical (unpaired) electrons. The first-order valence-electron chi connectivity index (χ1n) is 5.32. The molecule has 0 aromatic rings. The van der Waals surface area contributed by atoms with Gasteiger partial charge in [-0.25, -0.2) is 0 Å². The SMILES string of the molecule is NCCN1CCNCC1N1C=NCC1. The second kappa shape index (κ2) is 4.72. The topological polar surface area (TPSA) is 56.9 Å². The van der Waals surface area contributed by atoms with Crippen molar-refractivity contribution in [2.24, 2.45) is 10.7 Å². The predicted molar refractivity (Wildman–Crippen MR) is 57.4 cm³/mol. The van der Waals surface area contributed by atoms with Crippen molar-refractivity contribution in [2.45, 2.75) is 6.17 Å². The smallest absolute Gasteiger partial charge is 0.0957 e. The zero-order valence-corrected chi connectivity index (χ0v) is 8.52. The molecule has 80 valence electrons. The Balaban J connectivity index is 1.94. The lowest BCUT2D eigenvalue weighted by molar-refractivity contribution is 0.0792. The average molecular weight is 197 g/mol. The molecule has 2 heterocycles. The standard InChI is InChI=1S/C9H19N5/c10-1-4-13-5-2-11-7-9(13)14-6-3-12-8-14/h8-9,11H,1-7,10H2. The van der Waals surface area contributed by atoms with Gasteiger partial charge in [0.2, 0.25) is 0 Å². The van der Waals surface area contributed by atoms with Gasteiger partial charge in [-0.3, -0.25) is 9.89 Å². The molecular weight excluding hydrogens is 178 g/mol. The van der Waals surface area contributed by atoms with E-state index in [-0.39, 0.29) is 0 Å². The third-order valence-corrected chi connectivity index (χ3v) is 2.84. The Morgan fingerprint density at radius 1 is 1.50 bits per heavy atom. The number of rotatable bonds is 3. The predicted octanol–water partition coefficient (Wildman–Crippen LogP) is -1.48. The first-order chi connectivity index (χ1) is 6.92. The summed E-state index contributed by atoms with van der Waals surface area (Å²) in [5.41, 5.74) is 5.61. The Morgan fingerprint density at radius 3 is 3.14 bits per heavy atom. The van der Waals surface area contributed by atoms with Crippen molar-refractivity contribution in [1.82, 2.24) is 15.1 Å². The molecule has 1 fully saturated rings. The van der Waals surface area contributed by atoms with Crippen LogP contribution in [0.25, 0.3) is 0 Å². The molecule has 2 rings (SSSR count). The van der Waals surface area contributed by atoms with E-state index in [2.05, 4.69) is 20.1 Å². The Hall–Kier alpha value is -0.650. The molecule has 2 aliphatic heterocycles. The fourth-order valence-corrected chi connectivity index (χ4v) is 2.11. The van der Waals surface area contributed by atoms with Crippen molar-refractivity contribution >= 4 is 6.34 Å². The van der Waals surface area contributed by atoms with E-state index in [1.54, 1.807) is 0 Å². The highest BCUT2D eigenvalue weighted by Crippen LogP contribution is 2.09. The van der Waals surface area contributed by atoms with Crippen molar-refractivity contribution in [1.29, 1.82) is 0 Å². The van der Waals surface area contributed by atoms with E-state index in [0.29, 0.717) is 6.17 Å². The minimum Gasteiger partial charge on any atom is -0.344 e. The maximum Gasteiger partial charge on any atom is 0.0957 e. The Morgan fingerprint density at radius 2 is 2.43 bits per heavy atom. The highest BCUT2D eigenvalue weighted by molar-refractivity contribution is 5.57. The van der Waals surface area contributed by atoms with E-state index < -0.39 is 0 Å². The van der Waals surface area contributed by atoms with Crippen LogP contribution in [0.5, 0.6) is 0 Å². The number of aliphatic imine (C=N–C) groups is 1. The fourth-order valence-electron chi connectivity index (χ4n) is 2.11. The normalized spacial score (nSPS) is 28.6. The van der Waals surface area contributed by atoms with Crippen LogP contribution in [0, 0.1) is 0 Å². The summed E-state index contributed by atoms with van der Waals surface area (Å²) in [6, 6.07) is 0.